The number of nitro benzene ring substituents is 1. The van der Waals surface area contributed by atoms with E-state index in [4.69, 9.17) is 4.74 Å². The number of thiophene rings is 1. The summed E-state index contributed by atoms with van der Waals surface area (Å²) in [5.41, 5.74) is -1.17. The molecule has 0 aliphatic rings. The van der Waals surface area contributed by atoms with E-state index in [0.717, 1.165) is 32.6 Å². The third-order valence-electron chi connectivity index (χ3n) is 6.45. The van der Waals surface area contributed by atoms with Crippen molar-refractivity contribution in [2.24, 2.45) is 0 Å². The highest BCUT2D eigenvalue weighted by atomic mass is 32.1. The van der Waals surface area contributed by atoms with Crippen molar-refractivity contribution in [1.82, 2.24) is 24.2 Å². The van der Waals surface area contributed by atoms with E-state index >= 15 is 0 Å². The molecule has 0 aliphatic heterocycles. The van der Waals surface area contributed by atoms with Gasteiger partial charge in [0.1, 0.15) is 29.7 Å². The largest absolute Gasteiger partial charge is 0.474 e. The first kappa shape index (κ1) is 29.6. The minimum absolute atomic E-state index is 0.0337. The summed E-state index contributed by atoms with van der Waals surface area (Å²) in [5.74, 6) is -1.99. The fraction of sp³-hybridized carbons (Fsp3) is 0.214. The highest BCUT2D eigenvalue weighted by molar-refractivity contribution is 7.22. The first-order chi connectivity index (χ1) is 20.6. The van der Waals surface area contributed by atoms with Crippen LogP contribution in [0.5, 0.6) is 5.88 Å². The zero-order valence-corrected chi connectivity index (χ0v) is 23.6. The van der Waals surface area contributed by atoms with Crippen molar-refractivity contribution >= 4 is 27.2 Å². The van der Waals surface area contributed by atoms with Crippen LogP contribution in [0.3, 0.4) is 0 Å². The lowest BCUT2D eigenvalue weighted by Crippen LogP contribution is -2.39. The third kappa shape index (κ3) is 5.76. The van der Waals surface area contributed by atoms with Gasteiger partial charge in [-0.05, 0) is 55.6 Å². The molecule has 0 saturated heterocycles. The summed E-state index contributed by atoms with van der Waals surface area (Å²) < 4.78 is 49.0. The van der Waals surface area contributed by atoms with E-state index in [1.165, 1.54) is 42.5 Å². The number of aromatic nitrogens is 4. The van der Waals surface area contributed by atoms with Gasteiger partial charge in [-0.25, -0.2) is 22.5 Å². The lowest BCUT2D eigenvalue weighted by molar-refractivity contribution is -0.384. The number of ether oxygens (including phenoxy) is 1. The van der Waals surface area contributed by atoms with Gasteiger partial charge in [0.25, 0.3) is 11.2 Å². The number of halogens is 3. The summed E-state index contributed by atoms with van der Waals surface area (Å²) in [4.78, 5) is 41.2. The Morgan fingerprint density at radius 1 is 1.00 bits per heavy atom. The van der Waals surface area contributed by atoms with E-state index in [0.29, 0.717) is 16.0 Å². The van der Waals surface area contributed by atoms with Gasteiger partial charge in [0.15, 0.2) is 5.82 Å². The predicted octanol–water partition coefficient (Wildman–Crippen LogP) is 4.32. The molecule has 5 aromatic rings. The molecule has 3 heterocycles. The van der Waals surface area contributed by atoms with Crippen LogP contribution in [0.1, 0.15) is 11.1 Å². The van der Waals surface area contributed by atoms with Crippen molar-refractivity contribution in [3.05, 3.63) is 108 Å². The van der Waals surface area contributed by atoms with Gasteiger partial charge in [-0.15, -0.1) is 21.5 Å². The van der Waals surface area contributed by atoms with Gasteiger partial charge < -0.3 is 9.64 Å². The monoisotopic (exact) mass is 612 g/mol. The van der Waals surface area contributed by atoms with Crippen molar-refractivity contribution in [3.8, 4) is 22.1 Å². The molecule has 2 aromatic carbocycles. The smallest absolute Gasteiger partial charge is 0.338 e. The Labute approximate surface area is 245 Å². The Bertz CT molecular complexity index is 1920. The van der Waals surface area contributed by atoms with Crippen molar-refractivity contribution in [3.63, 3.8) is 0 Å². The van der Waals surface area contributed by atoms with Crippen molar-refractivity contribution in [2.45, 2.75) is 13.1 Å². The molecular formula is C28H23F3N6O5S. The minimum atomic E-state index is -0.931. The maximum Gasteiger partial charge on any atom is 0.338 e. The predicted molar refractivity (Wildman–Crippen MR) is 154 cm³/mol. The summed E-state index contributed by atoms with van der Waals surface area (Å²) >= 11 is 1.05. The Hall–Kier alpha value is -4.89. The van der Waals surface area contributed by atoms with Crippen LogP contribution in [0.4, 0.5) is 18.9 Å². The maximum atomic E-state index is 14.8. The molecule has 222 valence electrons. The number of rotatable bonds is 10. The fourth-order valence-corrected chi connectivity index (χ4v) is 5.84. The van der Waals surface area contributed by atoms with E-state index in [2.05, 4.69) is 10.2 Å². The van der Waals surface area contributed by atoms with Gasteiger partial charge in [-0.2, -0.15) is 0 Å². The van der Waals surface area contributed by atoms with Gasteiger partial charge in [-0.3, -0.25) is 19.5 Å². The highest BCUT2D eigenvalue weighted by Gasteiger charge is 2.26. The summed E-state index contributed by atoms with van der Waals surface area (Å²) in [6.45, 7) is -1.37. The lowest BCUT2D eigenvalue weighted by Gasteiger charge is -2.14. The number of non-ortho nitro benzene ring substituents is 1. The molecule has 43 heavy (non-hydrogen) atoms. The summed E-state index contributed by atoms with van der Waals surface area (Å²) in [6, 6.07) is 11.6. The van der Waals surface area contributed by atoms with Gasteiger partial charge in [0, 0.05) is 35.2 Å². The molecule has 0 spiro atoms. The maximum absolute atomic E-state index is 14.8. The second-order valence-corrected chi connectivity index (χ2v) is 10.6. The van der Waals surface area contributed by atoms with Crippen LogP contribution in [0.15, 0.2) is 64.2 Å². The normalized spacial score (nSPS) is 11.4. The molecule has 0 fully saturated rings. The molecule has 0 amide bonds. The highest BCUT2D eigenvalue weighted by Crippen LogP contribution is 2.38. The second kappa shape index (κ2) is 12.1. The Morgan fingerprint density at radius 2 is 1.70 bits per heavy atom. The zero-order chi connectivity index (χ0) is 30.8. The van der Waals surface area contributed by atoms with Crippen LogP contribution in [0.2, 0.25) is 0 Å². The number of nitrogens with zero attached hydrogens (tertiary/aromatic N) is 6. The molecule has 0 unspecified atom stereocenters. The zero-order valence-electron chi connectivity index (χ0n) is 22.8. The number of hydrogen-bond acceptors (Lipinski definition) is 9. The standard InChI is InChI=1S/C28H23F3N6O5S/c1-34(2)14-19-24-26(38)36(22-10-11-23(33-32-22)42-13-12-29)28(39)35(15-18-20(30)4-3-5-21(18)31)27(24)43-25(19)16-6-8-17(9-7-16)37(40)41/h3-11H,12-15H2,1-2H3. The molecule has 0 aliphatic carbocycles. The summed E-state index contributed by atoms with van der Waals surface area (Å²) in [6.07, 6.45) is 0. The molecule has 0 saturated carbocycles. The molecular weight excluding hydrogens is 589 g/mol. The van der Waals surface area contributed by atoms with E-state index in [9.17, 15) is 32.9 Å². The van der Waals surface area contributed by atoms with Crippen molar-refractivity contribution < 1.29 is 22.8 Å². The minimum Gasteiger partial charge on any atom is -0.474 e. The molecule has 0 atom stereocenters. The molecule has 11 nitrogen and oxygen atoms in total. The number of nitro groups is 1. The van der Waals surface area contributed by atoms with Crippen LogP contribution in [-0.4, -0.2) is 56.5 Å². The van der Waals surface area contributed by atoms with Gasteiger partial charge in [0.05, 0.1) is 16.9 Å². The second-order valence-electron chi connectivity index (χ2n) is 9.61. The number of hydrogen-bond donors (Lipinski definition) is 0. The van der Waals surface area contributed by atoms with Gasteiger partial charge in [0.2, 0.25) is 5.88 Å². The summed E-state index contributed by atoms with van der Waals surface area (Å²) in [7, 11) is 3.54. The fourth-order valence-electron chi connectivity index (χ4n) is 4.54. The lowest BCUT2D eigenvalue weighted by atomic mass is 10.1. The van der Waals surface area contributed by atoms with E-state index in [1.54, 1.807) is 19.0 Å². The van der Waals surface area contributed by atoms with Gasteiger partial charge >= 0.3 is 5.69 Å². The average Bonchev–Trinajstić information content (AvgIpc) is 3.34. The number of fused-ring (bicyclic) bond motifs is 1. The molecule has 0 bridgehead atoms. The summed E-state index contributed by atoms with van der Waals surface area (Å²) in [5, 5.41) is 19.1. The first-order valence-corrected chi connectivity index (χ1v) is 13.6. The third-order valence-corrected chi connectivity index (χ3v) is 7.75. The van der Waals surface area contributed by atoms with Gasteiger partial charge in [-0.1, -0.05) is 6.07 Å². The Kier molecular flexibility index (Phi) is 8.36. The number of alkyl halides is 1. The molecule has 15 heteroatoms. The first-order valence-electron chi connectivity index (χ1n) is 12.8. The van der Waals surface area contributed by atoms with Crippen LogP contribution in [0.25, 0.3) is 26.5 Å². The van der Waals surface area contributed by atoms with Crippen LogP contribution < -0.4 is 16.0 Å². The topological polar surface area (TPSA) is 125 Å². The molecule has 0 N–H and O–H groups in total. The molecule has 0 radical (unpaired) electrons. The van der Waals surface area contributed by atoms with E-state index in [1.807, 2.05) is 0 Å². The SMILES string of the molecule is CN(C)Cc1c(-c2ccc([N+](=O)[O-])cc2)sc2c1c(=O)n(-c1ccc(OCCF)nn1)c(=O)n2Cc1c(F)cccc1F. The van der Waals surface area contributed by atoms with E-state index < -0.39 is 46.6 Å². The van der Waals surface area contributed by atoms with E-state index in [-0.39, 0.29) is 40.8 Å². The van der Waals surface area contributed by atoms with Crippen LogP contribution in [-0.2, 0) is 13.1 Å². The van der Waals surface area contributed by atoms with Crippen LogP contribution in [0, 0.1) is 21.7 Å². The average molecular weight is 613 g/mol. The molecule has 3 aromatic heterocycles. The number of benzene rings is 2. The van der Waals surface area contributed by atoms with Crippen LogP contribution >= 0.6 is 11.3 Å². The quantitative estimate of drug-likeness (QED) is 0.169. The Morgan fingerprint density at radius 3 is 2.28 bits per heavy atom. The molecule has 5 rings (SSSR count). The Balaban J connectivity index is 1.83. The van der Waals surface area contributed by atoms with Crippen molar-refractivity contribution in [2.75, 3.05) is 27.4 Å². The van der Waals surface area contributed by atoms with Crippen molar-refractivity contribution in [1.29, 1.82) is 0 Å².